The third-order valence-electron chi connectivity index (χ3n) is 4.18. The number of allylic oxidation sites excluding steroid dienone is 10. The van der Waals surface area contributed by atoms with E-state index in [1.165, 1.54) is 42.2 Å². The Hall–Kier alpha value is -1.83. The van der Waals surface area contributed by atoms with Crippen LogP contribution in [0.15, 0.2) is 63.9 Å². The normalized spacial score (nSPS) is 20.8. The van der Waals surface area contributed by atoms with E-state index in [4.69, 9.17) is 5.21 Å². The van der Waals surface area contributed by atoms with E-state index in [9.17, 15) is 0 Å². The summed E-state index contributed by atoms with van der Waals surface area (Å²) in [6.45, 7) is 11.0. The van der Waals surface area contributed by atoms with Crippen molar-refractivity contribution in [3.05, 3.63) is 58.7 Å². The summed E-state index contributed by atoms with van der Waals surface area (Å²) < 4.78 is 0. The molecule has 0 saturated heterocycles. The van der Waals surface area contributed by atoms with Crippen LogP contribution in [0.2, 0.25) is 0 Å². The van der Waals surface area contributed by atoms with E-state index >= 15 is 0 Å². The van der Waals surface area contributed by atoms with E-state index in [1.807, 2.05) is 19.1 Å². The summed E-state index contributed by atoms with van der Waals surface area (Å²) >= 11 is 0. The van der Waals surface area contributed by atoms with Crippen molar-refractivity contribution in [2.24, 2.45) is 10.6 Å². The second-order valence-electron chi connectivity index (χ2n) is 6.71. The SMILES string of the molecule is CC1=C(\C=C/C(C)=C\C=C\C(C)=C/C=N/O)C(C)(C)CCC1. The predicted octanol–water partition coefficient (Wildman–Crippen LogP) is 5.98. The van der Waals surface area contributed by atoms with Gasteiger partial charge in [0, 0.05) is 0 Å². The van der Waals surface area contributed by atoms with Gasteiger partial charge in [-0.1, -0.05) is 60.5 Å². The van der Waals surface area contributed by atoms with E-state index in [1.54, 1.807) is 6.08 Å². The molecule has 0 aromatic heterocycles. The summed E-state index contributed by atoms with van der Waals surface area (Å²) in [4.78, 5) is 0. The Morgan fingerprint density at radius 1 is 1.14 bits per heavy atom. The van der Waals surface area contributed by atoms with Crippen molar-refractivity contribution in [3.8, 4) is 0 Å². The predicted molar refractivity (Wildman–Crippen MR) is 96.4 cm³/mol. The molecule has 1 N–H and O–H groups in total. The van der Waals surface area contributed by atoms with Gasteiger partial charge in [0.1, 0.15) is 0 Å². The highest BCUT2D eigenvalue weighted by atomic mass is 16.4. The van der Waals surface area contributed by atoms with Gasteiger partial charge in [0.15, 0.2) is 0 Å². The Balaban J connectivity index is 2.77. The van der Waals surface area contributed by atoms with E-state index in [0.29, 0.717) is 0 Å². The van der Waals surface area contributed by atoms with Gasteiger partial charge in [0.25, 0.3) is 0 Å². The second kappa shape index (κ2) is 8.57. The van der Waals surface area contributed by atoms with Crippen molar-refractivity contribution in [2.75, 3.05) is 0 Å². The zero-order valence-corrected chi connectivity index (χ0v) is 14.6. The first-order valence-corrected chi connectivity index (χ1v) is 7.94. The molecule has 0 bridgehead atoms. The van der Waals surface area contributed by atoms with Crippen LogP contribution in [0.1, 0.15) is 53.9 Å². The fraction of sp³-hybridized carbons (Fsp3) is 0.450. The van der Waals surface area contributed by atoms with Crippen LogP contribution < -0.4 is 0 Å². The molecule has 1 aliphatic carbocycles. The monoisotopic (exact) mass is 299 g/mol. The first-order chi connectivity index (χ1) is 10.4. The molecule has 0 unspecified atom stereocenters. The lowest BCUT2D eigenvalue weighted by Crippen LogP contribution is -2.19. The average molecular weight is 299 g/mol. The summed E-state index contributed by atoms with van der Waals surface area (Å²) in [6, 6.07) is 0. The third kappa shape index (κ3) is 5.88. The zero-order valence-electron chi connectivity index (χ0n) is 14.6. The van der Waals surface area contributed by atoms with Crippen LogP contribution in [0.25, 0.3) is 0 Å². The molecule has 2 heteroatoms. The summed E-state index contributed by atoms with van der Waals surface area (Å²) in [6.07, 6.45) is 17.5. The van der Waals surface area contributed by atoms with Crippen molar-refractivity contribution in [2.45, 2.75) is 53.9 Å². The maximum absolute atomic E-state index is 8.36. The average Bonchev–Trinajstić information content (AvgIpc) is 2.43. The van der Waals surface area contributed by atoms with Gasteiger partial charge in [-0.3, -0.25) is 0 Å². The number of hydrogen-bond donors (Lipinski definition) is 1. The lowest BCUT2D eigenvalue weighted by atomic mass is 9.72. The summed E-state index contributed by atoms with van der Waals surface area (Å²) in [5.74, 6) is 0. The maximum Gasteiger partial charge on any atom is 0.0664 e. The van der Waals surface area contributed by atoms with Gasteiger partial charge in [-0.15, -0.1) is 0 Å². The fourth-order valence-electron chi connectivity index (χ4n) is 2.84. The van der Waals surface area contributed by atoms with Gasteiger partial charge in [-0.2, -0.15) is 0 Å². The topological polar surface area (TPSA) is 32.6 Å². The zero-order chi connectivity index (χ0) is 16.6. The number of oxime groups is 1. The quantitative estimate of drug-likeness (QED) is 0.288. The Morgan fingerprint density at radius 3 is 2.45 bits per heavy atom. The molecule has 120 valence electrons. The van der Waals surface area contributed by atoms with Gasteiger partial charge < -0.3 is 5.21 Å². The molecule has 22 heavy (non-hydrogen) atoms. The Kier molecular flexibility index (Phi) is 7.10. The van der Waals surface area contributed by atoms with Crippen molar-refractivity contribution in [1.82, 2.24) is 0 Å². The van der Waals surface area contributed by atoms with Crippen LogP contribution in [0.5, 0.6) is 0 Å². The first-order valence-electron chi connectivity index (χ1n) is 7.94. The maximum atomic E-state index is 8.36. The Morgan fingerprint density at radius 2 is 1.82 bits per heavy atom. The van der Waals surface area contributed by atoms with E-state index in [2.05, 4.69) is 51.1 Å². The molecular formula is C20H29NO. The van der Waals surface area contributed by atoms with Gasteiger partial charge in [0.05, 0.1) is 6.21 Å². The molecule has 0 aromatic carbocycles. The van der Waals surface area contributed by atoms with E-state index < -0.39 is 0 Å². The van der Waals surface area contributed by atoms with Crippen molar-refractivity contribution < 1.29 is 5.21 Å². The molecule has 0 spiro atoms. The highest BCUT2D eigenvalue weighted by molar-refractivity contribution is 5.72. The molecule has 0 fully saturated rings. The summed E-state index contributed by atoms with van der Waals surface area (Å²) in [7, 11) is 0. The standard InChI is InChI=1S/C20H29NO/c1-16(8-6-9-17(2)13-15-21-22)11-12-19-18(3)10-7-14-20(19,4)5/h6,8-9,11-13,15,22H,7,10,14H2,1-5H3/b9-6+,12-11-,16-8-,17-13-,21-15+. The number of nitrogens with zero attached hydrogens (tertiary/aromatic N) is 1. The molecule has 0 amide bonds. The largest absolute Gasteiger partial charge is 0.411 e. The van der Waals surface area contributed by atoms with Gasteiger partial charge in [-0.05, 0) is 62.7 Å². The summed E-state index contributed by atoms with van der Waals surface area (Å²) in [5.41, 5.74) is 5.57. The molecule has 0 heterocycles. The highest BCUT2D eigenvalue weighted by Gasteiger charge is 2.26. The van der Waals surface area contributed by atoms with Crippen LogP contribution in [0, 0.1) is 5.41 Å². The highest BCUT2D eigenvalue weighted by Crippen LogP contribution is 2.40. The van der Waals surface area contributed by atoms with Crippen molar-refractivity contribution in [3.63, 3.8) is 0 Å². The van der Waals surface area contributed by atoms with Gasteiger partial charge in [-0.25, -0.2) is 0 Å². The molecule has 0 aromatic rings. The van der Waals surface area contributed by atoms with E-state index in [-0.39, 0.29) is 5.41 Å². The van der Waals surface area contributed by atoms with Gasteiger partial charge in [0.2, 0.25) is 0 Å². The minimum absolute atomic E-state index is 0.290. The van der Waals surface area contributed by atoms with Crippen molar-refractivity contribution >= 4 is 6.21 Å². The smallest absolute Gasteiger partial charge is 0.0664 e. The third-order valence-corrected chi connectivity index (χ3v) is 4.18. The Bertz CT molecular complexity index is 554. The van der Waals surface area contributed by atoms with Crippen LogP contribution >= 0.6 is 0 Å². The molecule has 0 aliphatic heterocycles. The molecule has 0 atom stereocenters. The number of rotatable bonds is 5. The lowest BCUT2D eigenvalue weighted by molar-refractivity contribution is 0.322. The molecule has 1 aliphatic rings. The van der Waals surface area contributed by atoms with E-state index in [0.717, 1.165) is 5.57 Å². The minimum Gasteiger partial charge on any atom is -0.411 e. The van der Waals surface area contributed by atoms with Crippen LogP contribution in [0.4, 0.5) is 0 Å². The minimum atomic E-state index is 0.290. The lowest BCUT2D eigenvalue weighted by Gasteiger charge is -2.32. The molecule has 2 nitrogen and oxygen atoms in total. The Labute approximate surface area is 135 Å². The fourth-order valence-corrected chi connectivity index (χ4v) is 2.84. The molecule has 1 rings (SSSR count). The van der Waals surface area contributed by atoms with Gasteiger partial charge >= 0.3 is 0 Å². The van der Waals surface area contributed by atoms with Crippen molar-refractivity contribution in [1.29, 1.82) is 0 Å². The molecule has 0 radical (unpaired) electrons. The van der Waals surface area contributed by atoms with Crippen LogP contribution in [-0.2, 0) is 0 Å². The molecule has 0 saturated carbocycles. The first kappa shape index (κ1) is 18.2. The molecular weight excluding hydrogens is 270 g/mol. The van der Waals surface area contributed by atoms with Crippen LogP contribution in [0.3, 0.4) is 0 Å². The van der Waals surface area contributed by atoms with Crippen LogP contribution in [-0.4, -0.2) is 11.4 Å². The number of hydrogen-bond acceptors (Lipinski definition) is 2. The summed E-state index contributed by atoms with van der Waals surface area (Å²) in [5, 5.41) is 11.3. The second-order valence-corrected chi connectivity index (χ2v) is 6.71.